The third-order valence-electron chi connectivity index (χ3n) is 4.16. The van der Waals surface area contributed by atoms with E-state index in [1.54, 1.807) is 0 Å². The molecule has 2 aliphatic carbocycles. The van der Waals surface area contributed by atoms with Crippen LogP contribution in [0.4, 0.5) is 0 Å². The molecule has 106 valence electrons. The van der Waals surface area contributed by atoms with Crippen LogP contribution in [0.5, 0.6) is 0 Å². The number of H-pyrrole nitrogens is 1. The Morgan fingerprint density at radius 1 is 1.32 bits per heavy atom. The van der Waals surface area contributed by atoms with Crippen molar-refractivity contribution in [3.05, 3.63) is 18.0 Å². The predicted octanol–water partition coefficient (Wildman–Crippen LogP) is 1.22. The molecule has 1 heterocycles. The summed E-state index contributed by atoms with van der Waals surface area (Å²) < 4.78 is 27.0. The van der Waals surface area contributed by atoms with E-state index in [1.807, 2.05) is 0 Å². The summed E-state index contributed by atoms with van der Waals surface area (Å²) in [6.07, 6.45) is 6.43. The molecule has 1 aromatic rings. The minimum Gasteiger partial charge on any atom is -0.390 e. The molecule has 0 atom stereocenters. The van der Waals surface area contributed by atoms with Gasteiger partial charge in [-0.2, -0.15) is 0 Å². The highest BCUT2D eigenvalue weighted by atomic mass is 32.2. The molecule has 3 N–H and O–H groups in total. The fourth-order valence-corrected chi connectivity index (χ4v) is 3.81. The monoisotopic (exact) mass is 284 g/mol. The first-order valence-electron chi connectivity index (χ1n) is 6.88. The highest BCUT2D eigenvalue weighted by Crippen LogP contribution is 2.48. The zero-order valence-corrected chi connectivity index (χ0v) is 11.6. The number of hydrogen-bond acceptors (Lipinski definition) is 3. The Kier molecular flexibility index (Phi) is 3.41. The van der Waals surface area contributed by atoms with Gasteiger partial charge in [0.05, 0.1) is 11.5 Å². The van der Waals surface area contributed by atoms with Crippen LogP contribution < -0.4 is 4.72 Å². The van der Waals surface area contributed by atoms with Gasteiger partial charge in [-0.25, -0.2) is 13.1 Å². The van der Waals surface area contributed by atoms with Crippen LogP contribution in [-0.4, -0.2) is 25.1 Å². The van der Waals surface area contributed by atoms with Crippen molar-refractivity contribution >= 4 is 10.0 Å². The summed E-state index contributed by atoms with van der Waals surface area (Å²) in [6.45, 7) is 0.375. The largest absolute Gasteiger partial charge is 0.390 e. The summed E-state index contributed by atoms with van der Waals surface area (Å²) in [5.74, 6) is 1.98. The lowest BCUT2D eigenvalue weighted by Gasteiger charge is -2.15. The zero-order chi connectivity index (χ0) is 13.5. The minimum atomic E-state index is -3.45. The van der Waals surface area contributed by atoms with E-state index in [4.69, 9.17) is 5.11 Å². The topological polar surface area (TPSA) is 82.2 Å². The molecule has 6 heteroatoms. The molecule has 2 saturated carbocycles. The van der Waals surface area contributed by atoms with E-state index in [2.05, 4.69) is 9.71 Å². The van der Waals surface area contributed by atoms with Gasteiger partial charge in [-0.1, -0.05) is 0 Å². The summed E-state index contributed by atoms with van der Waals surface area (Å²) in [6, 6.07) is 1.48. The Bertz CT molecular complexity index is 532. The van der Waals surface area contributed by atoms with E-state index < -0.39 is 10.0 Å². The Balaban J connectivity index is 1.64. The van der Waals surface area contributed by atoms with Crippen LogP contribution in [0.25, 0.3) is 0 Å². The molecular formula is C13H20N2O3S. The van der Waals surface area contributed by atoms with Crippen molar-refractivity contribution in [3.8, 4) is 0 Å². The molecule has 2 fully saturated rings. The molecule has 0 radical (unpaired) electrons. The molecule has 2 aliphatic rings. The minimum absolute atomic E-state index is 0.178. The summed E-state index contributed by atoms with van der Waals surface area (Å²) in [5.41, 5.74) is 0.515. The van der Waals surface area contributed by atoms with Gasteiger partial charge in [0.2, 0.25) is 10.0 Å². The van der Waals surface area contributed by atoms with Crippen molar-refractivity contribution in [2.45, 2.75) is 37.2 Å². The van der Waals surface area contributed by atoms with Crippen molar-refractivity contribution in [3.63, 3.8) is 0 Å². The van der Waals surface area contributed by atoms with Crippen LogP contribution in [0.2, 0.25) is 0 Å². The van der Waals surface area contributed by atoms with Crippen LogP contribution in [0.3, 0.4) is 0 Å². The lowest BCUT2D eigenvalue weighted by Crippen LogP contribution is -2.31. The van der Waals surface area contributed by atoms with Crippen molar-refractivity contribution in [2.75, 3.05) is 6.54 Å². The fraction of sp³-hybridized carbons (Fsp3) is 0.692. The highest BCUT2D eigenvalue weighted by molar-refractivity contribution is 7.89. The number of hydrogen-bond donors (Lipinski definition) is 3. The van der Waals surface area contributed by atoms with Crippen LogP contribution in [-0.2, 0) is 16.6 Å². The fourth-order valence-electron chi connectivity index (χ4n) is 2.72. The summed E-state index contributed by atoms with van der Waals surface area (Å²) in [5, 5.41) is 8.95. The van der Waals surface area contributed by atoms with Gasteiger partial charge in [-0.05, 0) is 49.5 Å². The smallest absolute Gasteiger partial charge is 0.242 e. The predicted molar refractivity (Wildman–Crippen MR) is 70.8 cm³/mol. The van der Waals surface area contributed by atoms with E-state index in [0.717, 1.165) is 11.8 Å². The number of nitrogens with one attached hydrogen (secondary N) is 2. The Morgan fingerprint density at radius 2 is 1.95 bits per heavy atom. The second-order valence-electron chi connectivity index (χ2n) is 5.71. The molecule has 3 rings (SSSR count). The summed E-state index contributed by atoms with van der Waals surface area (Å²) in [7, 11) is -3.45. The van der Waals surface area contributed by atoms with E-state index in [0.29, 0.717) is 18.2 Å². The standard InChI is InChI=1S/C13H20N2O3S/c16-8-11-5-12(6-14-11)19(17,18)15-7-13(9-1-2-9)10-3-4-10/h5-6,9-10,13-16H,1-4,7-8H2. The Hall–Kier alpha value is -0.850. The number of aromatic amines is 1. The Labute approximate surface area is 113 Å². The number of rotatable bonds is 7. The summed E-state index contributed by atoms with van der Waals surface area (Å²) in [4.78, 5) is 2.96. The molecule has 1 aromatic heterocycles. The lowest BCUT2D eigenvalue weighted by atomic mass is 9.99. The molecule has 0 spiro atoms. The molecule has 5 nitrogen and oxygen atoms in total. The van der Waals surface area contributed by atoms with Crippen molar-refractivity contribution in [1.29, 1.82) is 0 Å². The lowest BCUT2D eigenvalue weighted by molar-refractivity contribution is 0.277. The summed E-state index contributed by atoms with van der Waals surface area (Å²) >= 11 is 0. The number of aromatic nitrogens is 1. The third kappa shape index (κ3) is 3.01. The highest BCUT2D eigenvalue weighted by Gasteiger charge is 2.41. The van der Waals surface area contributed by atoms with Gasteiger partial charge in [-0.3, -0.25) is 0 Å². The van der Waals surface area contributed by atoms with Gasteiger partial charge in [0.1, 0.15) is 0 Å². The molecule has 0 saturated heterocycles. The molecule has 0 aromatic carbocycles. The van der Waals surface area contributed by atoms with Crippen LogP contribution in [0, 0.1) is 17.8 Å². The van der Waals surface area contributed by atoms with Crippen molar-refractivity contribution < 1.29 is 13.5 Å². The maximum absolute atomic E-state index is 12.1. The van der Waals surface area contributed by atoms with E-state index >= 15 is 0 Å². The van der Waals surface area contributed by atoms with Gasteiger partial charge < -0.3 is 10.1 Å². The second kappa shape index (κ2) is 4.92. The van der Waals surface area contributed by atoms with Gasteiger partial charge in [0.15, 0.2) is 0 Å². The quantitative estimate of drug-likeness (QED) is 0.704. The SMILES string of the molecule is O=S(=O)(NCC(C1CC1)C1CC1)c1c[nH]c(CO)c1. The molecule has 0 bridgehead atoms. The number of aliphatic hydroxyl groups is 1. The van der Waals surface area contributed by atoms with Gasteiger partial charge in [-0.15, -0.1) is 0 Å². The first kappa shape index (κ1) is 13.1. The third-order valence-corrected chi connectivity index (χ3v) is 5.56. The van der Waals surface area contributed by atoms with E-state index in [9.17, 15) is 8.42 Å². The molecular weight excluding hydrogens is 264 g/mol. The van der Waals surface area contributed by atoms with Crippen molar-refractivity contribution in [1.82, 2.24) is 9.71 Å². The van der Waals surface area contributed by atoms with E-state index in [-0.39, 0.29) is 11.5 Å². The molecule has 0 unspecified atom stereocenters. The van der Waals surface area contributed by atoms with E-state index in [1.165, 1.54) is 37.9 Å². The van der Waals surface area contributed by atoms with Crippen LogP contribution >= 0.6 is 0 Å². The molecule has 19 heavy (non-hydrogen) atoms. The number of aliphatic hydroxyl groups excluding tert-OH is 1. The Morgan fingerprint density at radius 3 is 2.42 bits per heavy atom. The second-order valence-corrected chi connectivity index (χ2v) is 7.48. The first-order chi connectivity index (χ1) is 9.10. The van der Waals surface area contributed by atoms with Crippen LogP contribution in [0.15, 0.2) is 17.2 Å². The van der Waals surface area contributed by atoms with Crippen molar-refractivity contribution in [2.24, 2.45) is 17.8 Å². The number of sulfonamides is 1. The average Bonchev–Trinajstić information content (AvgIpc) is 3.30. The molecule has 0 amide bonds. The van der Waals surface area contributed by atoms with Gasteiger partial charge >= 0.3 is 0 Å². The van der Waals surface area contributed by atoms with Crippen LogP contribution in [0.1, 0.15) is 31.4 Å². The maximum Gasteiger partial charge on any atom is 0.242 e. The normalized spacial score (nSPS) is 20.1. The van der Waals surface area contributed by atoms with Gasteiger partial charge in [0, 0.05) is 18.4 Å². The van der Waals surface area contributed by atoms with Gasteiger partial charge in [0.25, 0.3) is 0 Å². The maximum atomic E-state index is 12.1. The average molecular weight is 284 g/mol. The zero-order valence-electron chi connectivity index (χ0n) is 10.8. The first-order valence-corrected chi connectivity index (χ1v) is 8.36. The molecule has 0 aliphatic heterocycles.